The fourth-order valence-electron chi connectivity index (χ4n) is 3.14. The number of aryl methyl sites for hydroxylation is 1. The molecule has 3 nitrogen and oxygen atoms in total. The molecule has 0 aromatic heterocycles. The molecule has 2 N–H and O–H groups in total. The summed E-state index contributed by atoms with van der Waals surface area (Å²) in [5.74, 6) is -0.115. The normalized spacial score (nSPS) is 11.8. The van der Waals surface area contributed by atoms with E-state index in [-0.39, 0.29) is 24.0 Å². The van der Waals surface area contributed by atoms with Crippen molar-refractivity contribution in [1.29, 1.82) is 0 Å². The lowest BCUT2D eigenvalue weighted by Crippen LogP contribution is -2.25. The molecule has 0 spiro atoms. The van der Waals surface area contributed by atoms with E-state index >= 15 is 0 Å². The highest BCUT2D eigenvalue weighted by Gasteiger charge is 2.21. The van der Waals surface area contributed by atoms with Crippen molar-refractivity contribution in [3.05, 3.63) is 100 Å². The molecule has 3 aromatic carbocycles. The number of carbonyl (C=O) groups is 1. The number of amides is 1. The monoisotopic (exact) mass is 379 g/mol. The summed E-state index contributed by atoms with van der Waals surface area (Å²) >= 11 is 6.16. The van der Waals surface area contributed by atoms with Crippen molar-refractivity contribution in [3.8, 4) is 5.75 Å². The number of carbonyl (C=O) groups excluding carboxylic acids is 1. The molecule has 0 aliphatic heterocycles. The summed E-state index contributed by atoms with van der Waals surface area (Å²) < 4.78 is 0. The van der Waals surface area contributed by atoms with Crippen molar-refractivity contribution in [2.75, 3.05) is 0 Å². The first-order valence-electron chi connectivity index (χ1n) is 8.89. The highest BCUT2D eigenvalue weighted by Crippen LogP contribution is 2.34. The molecular formula is C23H22ClNO2. The standard InChI is InChI=1S/C23H22ClNO2/c1-16-11-12-22(26)20(13-16)19(17-7-3-2-4-8-17)14-23(27)25-15-18-9-5-6-10-21(18)24/h2-13,19,26H,14-15H2,1H3,(H,25,27). The molecule has 0 heterocycles. The average Bonchev–Trinajstić information content (AvgIpc) is 2.68. The minimum absolute atomic E-state index is 0.0929. The van der Waals surface area contributed by atoms with Crippen molar-refractivity contribution in [3.63, 3.8) is 0 Å². The molecule has 1 atom stereocenters. The molecule has 4 heteroatoms. The molecule has 0 fully saturated rings. The van der Waals surface area contributed by atoms with E-state index in [4.69, 9.17) is 11.6 Å². The molecule has 1 amide bonds. The van der Waals surface area contributed by atoms with Gasteiger partial charge in [-0.15, -0.1) is 0 Å². The maximum Gasteiger partial charge on any atom is 0.221 e. The van der Waals surface area contributed by atoms with Gasteiger partial charge < -0.3 is 10.4 Å². The maximum atomic E-state index is 12.6. The van der Waals surface area contributed by atoms with Crippen LogP contribution in [0.1, 0.15) is 34.6 Å². The van der Waals surface area contributed by atoms with Crippen molar-refractivity contribution in [1.82, 2.24) is 5.32 Å². The van der Waals surface area contributed by atoms with Crippen LogP contribution >= 0.6 is 11.6 Å². The Morgan fingerprint density at radius 2 is 1.74 bits per heavy atom. The number of hydrogen-bond donors (Lipinski definition) is 2. The smallest absolute Gasteiger partial charge is 0.221 e. The van der Waals surface area contributed by atoms with E-state index in [0.29, 0.717) is 11.6 Å². The first-order chi connectivity index (χ1) is 13.0. The Hall–Kier alpha value is -2.78. The predicted octanol–water partition coefficient (Wildman–Crippen LogP) is 5.19. The Morgan fingerprint density at radius 3 is 2.48 bits per heavy atom. The van der Waals surface area contributed by atoms with Gasteiger partial charge in [-0.25, -0.2) is 0 Å². The van der Waals surface area contributed by atoms with Gasteiger partial charge in [0, 0.05) is 29.5 Å². The Balaban J connectivity index is 1.80. The SMILES string of the molecule is Cc1ccc(O)c(C(CC(=O)NCc2ccccc2Cl)c2ccccc2)c1. The zero-order valence-electron chi connectivity index (χ0n) is 15.2. The van der Waals surface area contributed by atoms with Crippen LogP contribution in [0.25, 0.3) is 0 Å². The maximum absolute atomic E-state index is 12.6. The van der Waals surface area contributed by atoms with Crippen LogP contribution < -0.4 is 5.32 Å². The summed E-state index contributed by atoms with van der Waals surface area (Å²) in [7, 11) is 0. The van der Waals surface area contributed by atoms with Crippen LogP contribution in [-0.2, 0) is 11.3 Å². The second kappa shape index (κ2) is 8.74. The summed E-state index contributed by atoms with van der Waals surface area (Å²) in [4.78, 5) is 12.6. The van der Waals surface area contributed by atoms with Gasteiger partial charge in [0.25, 0.3) is 0 Å². The summed E-state index contributed by atoms with van der Waals surface area (Å²) in [6.45, 7) is 2.35. The highest BCUT2D eigenvalue weighted by atomic mass is 35.5. The minimum atomic E-state index is -0.225. The molecule has 0 saturated carbocycles. The lowest BCUT2D eigenvalue weighted by Gasteiger charge is -2.19. The number of phenols is 1. The Bertz CT molecular complexity index is 925. The molecule has 0 aliphatic rings. The van der Waals surface area contributed by atoms with Crippen LogP contribution in [0.15, 0.2) is 72.8 Å². The molecule has 27 heavy (non-hydrogen) atoms. The van der Waals surface area contributed by atoms with Gasteiger partial charge in [-0.3, -0.25) is 4.79 Å². The summed E-state index contributed by atoms with van der Waals surface area (Å²) in [5, 5.41) is 13.9. The van der Waals surface area contributed by atoms with Gasteiger partial charge in [-0.1, -0.05) is 77.8 Å². The van der Waals surface area contributed by atoms with E-state index < -0.39 is 0 Å². The Labute approximate surface area is 164 Å². The molecular weight excluding hydrogens is 358 g/mol. The minimum Gasteiger partial charge on any atom is -0.508 e. The number of benzene rings is 3. The van der Waals surface area contributed by atoms with Crippen LogP contribution in [-0.4, -0.2) is 11.0 Å². The molecule has 138 valence electrons. The van der Waals surface area contributed by atoms with Gasteiger partial charge in [0.2, 0.25) is 5.91 Å². The largest absolute Gasteiger partial charge is 0.508 e. The van der Waals surface area contributed by atoms with Gasteiger partial charge in [-0.05, 0) is 30.2 Å². The van der Waals surface area contributed by atoms with E-state index in [1.807, 2.05) is 67.6 Å². The zero-order chi connectivity index (χ0) is 19.2. The second-order valence-corrected chi connectivity index (χ2v) is 7.01. The molecule has 0 bridgehead atoms. The van der Waals surface area contributed by atoms with Crippen molar-refractivity contribution < 1.29 is 9.90 Å². The number of hydrogen-bond acceptors (Lipinski definition) is 2. The highest BCUT2D eigenvalue weighted by molar-refractivity contribution is 6.31. The molecule has 3 aromatic rings. The fraction of sp³-hybridized carbons (Fsp3) is 0.174. The molecule has 0 radical (unpaired) electrons. The number of rotatable bonds is 6. The van der Waals surface area contributed by atoms with Gasteiger partial charge in [0.1, 0.15) is 5.75 Å². The lowest BCUT2D eigenvalue weighted by atomic mass is 9.87. The first kappa shape index (κ1) is 19.0. The third-order valence-corrected chi connectivity index (χ3v) is 4.95. The van der Waals surface area contributed by atoms with Crippen LogP contribution in [0.3, 0.4) is 0 Å². The van der Waals surface area contributed by atoms with Gasteiger partial charge in [0.15, 0.2) is 0 Å². The van der Waals surface area contributed by atoms with Crippen LogP contribution in [0.4, 0.5) is 0 Å². The van der Waals surface area contributed by atoms with Gasteiger partial charge in [0.05, 0.1) is 0 Å². The number of nitrogens with one attached hydrogen (secondary N) is 1. The molecule has 0 saturated heterocycles. The molecule has 1 unspecified atom stereocenters. The van der Waals surface area contributed by atoms with Crippen molar-refractivity contribution in [2.45, 2.75) is 25.8 Å². The van der Waals surface area contributed by atoms with Crippen LogP contribution in [0.5, 0.6) is 5.75 Å². The van der Waals surface area contributed by atoms with E-state index in [0.717, 1.165) is 22.3 Å². The van der Waals surface area contributed by atoms with E-state index in [9.17, 15) is 9.90 Å². The number of halogens is 1. The van der Waals surface area contributed by atoms with E-state index in [1.54, 1.807) is 12.1 Å². The second-order valence-electron chi connectivity index (χ2n) is 6.60. The topological polar surface area (TPSA) is 49.3 Å². The lowest BCUT2D eigenvalue weighted by molar-refractivity contribution is -0.121. The fourth-order valence-corrected chi connectivity index (χ4v) is 3.34. The summed E-state index contributed by atoms with van der Waals surface area (Å²) in [6, 6.07) is 22.7. The van der Waals surface area contributed by atoms with Gasteiger partial charge in [-0.2, -0.15) is 0 Å². The Kier molecular flexibility index (Phi) is 6.15. The molecule has 3 rings (SSSR count). The summed E-state index contributed by atoms with van der Waals surface area (Å²) in [6.07, 6.45) is 0.242. The van der Waals surface area contributed by atoms with Crippen LogP contribution in [0, 0.1) is 6.92 Å². The van der Waals surface area contributed by atoms with Gasteiger partial charge >= 0.3 is 0 Å². The predicted molar refractivity (Wildman–Crippen MR) is 109 cm³/mol. The average molecular weight is 380 g/mol. The number of phenolic OH excluding ortho intramolecular Hbond substituents is 1. The summed E-state index contributed by atoms with van der Waals surface area (Å²) in [5.41, 5.74) is 3.67. The Morgan fingerprint density at radius 1 is 1.04 bits per heavy atom. The third-order valence-electron chi connectivity index (χ3n) is 4.58. The third kappa shape index (κ3) is 4.89. The van der Waals surface area contributed by atoms with Crippen molar-refractivity contribution in [2.24, 2.45) is 0 Å². The first-order valence-corrected chi connectivity index (χ1v) is 9.27. The van der Waals surface area contributed by atoms with Crippen LogP contribution in [0.2, 0.25) is 5.02 Å². The zero-order valence-corrected chi connectivity index (χ0v) is 15.9. The van der Waals surface area contributed by atoms with E-state index in [2.05, 4.69) is 5.32 Å². The molecule has 0 aliphatic carbocycles. The number of aromatic hydroxyl groups is 1. The van der Waals surface area contributed by atoms with Crippen molar-refractivity contribution >= 4 is 17.5 Å². The quantitative estimate of drug-likeness (QED) is 0.619. The van der Waals surface area contributed by atoms with E-state index in [1.165, 1.54) is 0 Å².